The number of rotatable bonds is 8. The normalized spacial score (nSPS) is 10.6. The van der Waals surface area contributed by atoms with Gasteiger partial charge in [-0.05, 0) is 13.5 Å². The molecule has 0 radical (unpaired) electrons. The molecular weight excluding hydrogens is 246 g/mol. The topological polar surface area (TPSA) is 51.2 Å². The molecule has 1 aromatic rings. The molecule has 0 bridgehead atoms. The van der Waals surface area contributed by atoms with Crippen molar-refractivity contribution in [1.29, 1.82) is 0 Å². The predicted octanol–water partition coefficient (Wildman–Crippen LogP) is 1.53. The van der Waals surface area contributed by atoms with E-state index < -0.39 is 0 Å². The van der Waals surface area contributed by atoms with Crippen LogP contribution in [0.15, 0.2) is 12.1 Å². The van der Waals surface area contributed by atoms with Crippen molar-refractivity contribution in [3.8, 4) is 17.2 Å². The first-order valence-electron chi connectivity index (χ1n) is 6.24. The molecule has 19 heavy (non-hydrogen) atoms. The van der Waals surface area contributed by atoms with Gasteiger partial charge in [0, 0.05) is 31.8 Å². The Balaban J connectivity index is 2.96. The van der Waals surface area contributed by atoms with E-state index >= 15 is 0 Å². The monoisotopic (exact) mass is 269 g/mol. The molecule has 0 aliphatic heterocycles. The summed E-state index contributed by atoms with van der Waals surface area (Å²) in [5, 5.41) is 8.86. The van der Waals surface area contributed by atoms with E-state index in [1.165, 1.54) is 0 Å². The molecule has 5 nitrogen and oxygen atoms in total. The molecular formula is C14H23NO4. The molecule has 1 rings (SSSR count). The summed E-state index contributed by atoms with van der Waals surface area (Å²) in [6, 6.07) is 3.69. The van der Waals surface area contributed by atoms with Gasteiger partial charge in [-0.3, -0.25) is 0 Å². The minimum absolute atomic E-state index is 0.196. The number of hydrogen-bond donors (Lipinski definition) is 1. The van der Waals surface area contributed by atoms with E-state index in [4.69, 9.17) is 19.3 Å². The molecule has 0 fully saturated rings. The molecule has 5 heteroatoms. The summed E-state index contributed by atoms with van der Waals surface area (Å²) in [5.41, 5.74) is 0.978. The zero-order valence-electron chi connectivity index (χ0n) is 12.1. The Morgan fingerprint density at radius 3 is 2.05 bits per heavy atom. The first kappa shape index (κ1) is 15.6. The van der Waals surface area contributed by atoms with Crippen molar-refractivity contribution in [2.75, 3.05) is 41.5 Å². The summed E-state index contributed by atoms with van der Waals surface area (Å²) < 4.78 is 16.0. The van der Waals surface area contributed by atoms with Crippen LogP contribution in [0, 0.1) is 0 Å². The van der Waals surface area contributed by atoms with Gasteiger partial charge in [-0.2, -0.15) is 0 Å². The average Bonchev–Trinajstić information content (AvgIpc) is 2.44. The largest absolute Gasteiger partial charge is 0.496 e. The third-order valence-corrected chi connectivity index (χ3v) is 2.94. The lowest BCUT2D eigenvalue weighted by Crippen LogP contribution is -2.20. The first-order chi connectivity index (χ1) is 9.15. The molecule has 0 aliphatic carbocycles. The Hall–Kier alpha value is -1.46. The summed E-state index contributed by atoms with van der Waals surface area (Å²) >= 11 is 0. The van der Waals surface area contributed by atoms with Gasteiger partial charge >= 0.3 is 0 Å². The van der Waals surface area contributed by atoms with Crippen molar-refractivity contribution in [1.82, 2.24) is 4.90 Å². The molecule has 0 unspecified atom stereocenters. The maximum Gasteiger partial charge on any atom is 0.130 e. The van der Waals surface area contributed by atoms with Crippen LogP contribution in [0.1, 0.15) is 12.0 Å². The standard InChI is InChI=1S/C14H23NO4/c1-15(6-5-7-16)10-12-13(18-3)8-11(17-2)9-14(12)19-4/h8-9,16H,5-7,10H2,1-4H3. The Morgan fingerprint density at radius 2 is 1.63 bits per heavy atom. The van der Waals surface area contributed by atoms with Gasteiger partial charge < -0.3 is 24.2 Å². The van der Waals surface area contributed by atoms with Crippen molar-refractivity contribution in [2.24, 2.45) is 0 Å². The number of nitrogens with zero attached hydrogens (tertiary/aromatic N) is 1. The molecule has 0 spiro atoms. The van der Waals surface area contributed by atoms with Gasteiger partial charge in [-0.15, -0.1) is 0 Å². The molecule has 0 aromatic heterocycles. The lowest BCUT2D eigenvalue weighted by Gasteiger charge is -2.20. The predicted molar refractivity (Wildman–Crippen MR) is 74.1 cm³/mol. The van der Waals surface area contributed by atoms with Crippen molar-refractivity contribution < 1.29 is 19.3 Å². The SMILES string of the molecule is COc1cc(OC)c(CN(C)CCCO)c(OC)c1. The van der Waals surface area contributed by atoms with Gasteiger partial charge in [0.25, 0.3) is 0 Å². The number of benzene rings is 1. The van der Waals surface area contributed by atoms with E-state index in [0.29, 0.717) is 12.3 Å². The minimum Gasteiger partial charge on any atom is -0.496 e. The van der Waals surface area contributed by atoms with Crippen LogP contribution in [0.5, 0.6) is 17.2 Å². The van der Waals surface area contributed by atoms with Gasteiger partial charge in [0.05, 0.1) is 26.9 Å². The fourth-order valence-electron chi connectivity index (χ4n) is 1.92. The number of aliphatic hydroxyl groups is 1. The molecule has 0 aliphatic rings. The molecule has 1 N–H and O–H groups in total. The van der Waals surface area contributed by atoms with Crippen LogP contribution in [-0.4, -0.2) is 51.5 Å². The highest BCUT2D eigenvalue weighted by Gasteiger charge is 2.14. The van der Waals surface area contributed by atoms with Crippen LogP contribution in [0.25, 0.3) is 0 Å². The molecule has 1 aromatic carbocycles. The van der Waals surface area contributed by atoms with E-state index in [1.54, 1.807) is 21.3 Å². The lowest BCUT2D eigenvalue weighted by molar-refractivity contribution is 0.240. The van der Waals surface area contributed by atoms with Gasteiger partial charge in [-0.25, -0.2) is 0 Å². The highest BCUT2D eigenvalue weighted by atomic mass is 16.5. The summed E-state index contributed by atoms with van der Waals surface area (Å²) in [6.07, 6.45) is 0.747. The average molecular weight is 269 g/mol. The fourth-order valence-corrected chi connectivity index (χ4v) is 1.92. The fraction of sp³-hybridized carbons (Fsp3) is 0.571. The Bertz CT molecular complexity index is 370. The second-order valence-corrected chi connectivity index (χ2v) is 4.33. The number of ether oxygens (including phenoxy) is 3. The third kappa shape index (κ3) is 4.29. The zero-order chi connectivity index (χ0) is 14.3. The van der Waals surface area contributed by atoms with Crippen LogP contribution in [0.3, 0.4) is 0 Å². The lowest BCUT2D eigenvalue weighted by atomic mass is 10.1. The van der Waals surface area contributed by atoms with Crippen LogP contribution in [0.2, 0.25) is 0 Å². The minimum atomic E-state index is 0.196. The first-order valence-corrected chi connectivity index (χ1v) is 6.24. The van der Waals surface area contributed by atoms with Gasteiger partial charge in [-0.1, -0.05) is 0 Å². The highest BCUT2D eigenvalue weighted by Crippen LogP contribution is 2.34. The molecule has 0 amide bonds. The number of aliphatic hydroxyl groups excluding tert-OH is 1. The van der Waals surface area contributed by atoms with Crippen LogP contribution in [-0.2, 0) is 6.54 Å². The van der Waals surface area contributed by atoms with Crippen molar-refractivity contribution in [2.45, 2.75) is 13.0 Å². The number of hydrogen-bond acceptors (Lipinski definition) is 5. The molecule has 0 saturated heterocycles. The van der Waals surface area contributed by atoms with E-state index in [2.05, 4.69) is 4.90 Å². The third-order valence-electron chi connectivity index (χ3n) is 2.94. The highest BCUT2D eigenvalue weighted by molar-refractivity contribution is 5.50. The van der Waals surface area contributed by atoms with Gasteiger partial charge in [0.15, 0.2) is 0 Å². The Labute approximate surface area is 114 Å². The Kier molecular flexibility index (Phi) is 6.45. The summed E-state index contributed by atoms with van der Waals surface area (Å²) in [7, 11) is 6.87. The van der Waals surface area contributed by atoms with E-state index in [0.717, 1.165) is 30.0 Å². The summed E-state index contributed by atoms with van der Waals surface area (Å²) in [4.78, 5) is 2.11. The smallest absolute Gasteiger partial charge is 0.130 e. The summed E-state index contributed by atoms with van der Waals surface area (Å²) in [6.45, 7) is 1.70. The van der Waals surface area contributed by atoms with Crippen LogP contribution in [0.4, 0.5) is 0 Å². The van der Waals surface area contributed by atoms with Gasteiger partial charge in [0.2, 0.25) is 0 Å². The maximum absolute atomic E-state index is 8.86. The molecule has 0 saturated carbocycles. The van der Waals surface area contributed by atoms with E-state index in [-0.39, 0.29) is 6.61 Å². The molecule has 0 heterocycles. The van der Waals surface area contributed by atoms with Crippen LogP contribution >= 0.6 is 0 Å². The second-order valence-electron chi connectivity index (χ2n) is 4.33. The zero-order valence-corrected chi connectivity index (χ0v) is 12.1. The van der Waals surface area contributed by atoms with Crippen molar-refractivity contribution in [3.63, 3.8) is 0 Å². The summed E-state index contributed by atoms with van der Waals surface area (Å²) in [5.74, 6) is 2.19. The second kappa shape index (κ2) is 7.86. The Morgan fingerprint density at radius 1 is 1.05 bits per heavy atom. The van der Waals surface area contributed by atoms with Crippen molar-refractivity contribution in [3.05, 3.63) is 17.7 Å². The maximum atomic E-state index is 8.86. The van der Waals surface area contributed by atoms with Gasteiger partial charge in [0.1, 0.15) is 17.2 Å². The number of methoxy groups -OCH3 is 3. The van der Waals surface area contributed by atoms with Crippen molar-refractivity contribution >= 4 is 0 Å². The molecule has 0 atom stereocenters. The van der Waals surface area contributed by atoms with Crippen LogP contribution < -0.4 is 14.2 Å². The molecule has 108 valence electrons. The van der Waals surface area contributed by atoms with E-state index in [1.807, 2.05) is 19.2 Å². The van der Waals surface area contributed by atoms with E-state index in [9.17, 15) is 0 Å². The quantitative estimate of drug-likeness (QED) is 0.775.